The topological polar surface area (TPSA) is 131 Å². The fourth-order valence-corrected chi connectivity index (χ4v) is 5.26. The molecule has 1 aliphatic rings. The molecule has 3 rings (SSSR count). The van der Waals surface area contributed by atoms with Crippen molar-refractivity contribution in [3.63, 3.8) is 0 Å². The zero-order valence-electron chi connectivity index (χ0n) is 21.2. The number of nitrogens with one attached hydrogen (secondary N) is 2. The summed E-state index contributed by atoms with van der Waals surface area (Å²) in [7, 11) is 0. The van der Waals surface area contributed by atoms with Crippen molar-refractivity contribution >= 4 is 35.2 Å². The molecule has 0 saturated carbocycles. The zero-order valence-corrected chi connectivity index (χ0v) is 22.0. The normalized spacial score (nSPS) is 16.8. The summed E-state index contributed by atoms with van der Waals surface area (Å²) in [6, 6.07) is 7.03. The molecule has 12 heteroatoms. The molecule has 0 bridgehead atoms. The molecule has 1 unspecified atom stereocenters. The van der Waals surface area contributed by atoms with Gasteiger partial charge in [0.2, 0.25) is 11.8 Å². The van der Waals surface area contributed by atoms with E-state index in [0.29, 0.717) is 18.4 Å². The number of hydrogen-bond donors (Lipinski definition) is 4. The van der Waals surface area contributed by atoms with Crippen LogP contribution in [-0.4, -0.2) is 52.4 Å². The van der Waals surface area contributed by atoms with Gasteiger partial charge in [0.25, 0.3) is 5.91 Å². The number of carbonyl (C=O) groups is 3. The van der Waals surface area contributed by atoms with Crippen molar-refractivity contribution in [1.82, 2.24) is 10.2 Å². The van der Waals surface area contributed by atoms with Gasteiger partial charge in [-0.1, -0.05) is 26.0 Å². The molecule has 2 aromatic carbocycles. The van der Waals surface area contributed by atoms with Gasteiger partial charge in [-0.05, 0) is 41.7 Å². The van der Waals surface area contributed by atoms with Gasteiger partial charge in [-0.3, -0.25) is 14.4 Å². The Labute approximate surface area is 223 Å². The molecule has 6 N–H and O–H groups in total. The maximum absolute atomic E-state index is 13.9. The van der Waals surface area contributed by atoms with Crippen LogP contribution in [-0.2, 0) is 27.3 Å². The number of amides is 3. The molecule has 0 spiro atoms. The minimum Gasteiger partial charge on any atom is -0.373 e. The van der Waals surface area contributed by atoms with Crippen molar-refractivity contribution in [1.29, 1.82) is 0 Å². The molecule has 1 heterocycles. The van der Waals surface area contributed by atoms with Crippen LogP contribution < -0.4 is 22.1 Å². The van der Waals surface area contributed by atoms with Crippen LogP contribution in [0, 0.1) is 23.4 Å². The SMILES string of the molecule is CC(C)C(Nc1ccc(CNC(=O)[C@@H]2SCCN2C(=O)C[C@H](N)Cc2cc(F)c(F)cc2F)cc1)C(N)=O. The second-order valence-corrected chi connectivity index (χ2v) is 10.7. The van der Waals surface area contributed by atoms with Gasteiger partial charge in [-0.25, -0.2) is 13.2 Å². The van der Waals surface area contributed by atoms with E-state index in [1.165, 1.54) is 16.7 Å². The van der Waals surface area contributed by atoms with Gasteiger partial charge in [0.1, 0.15) is 11.9 Å². The molecule has 206 valence electrons. The Balaban J connectivity index is 1.52. The summed E-state index contributed by atoms with van der Waals surface area (Å²) in [4.78, 5) is 38.7. The summed E-state index contributed by atoms with van der Waals surface area (Å²) in [6.07, 6.45) is -0.339. The first-order valence-corrected chi connectivity index (χ1v) is 13.2. The minimum atomic E-state index is -1.30. The van der Waals surface area contributed by atoms with Crippen LogP contribution in [0.15, 0.2) is 36.4 Å². The number of hydrogen-bond acceptors (Lipinski definition) is 6. The molecule has 3 amide bonds. The van der Waals surface area contributed by atoms with E-state index in [4.69, 9.17) is 11.5 Å². The number of nitrogens with zero attached hydrogens (tertiary/aromatic N) is 1. The molecule has 0 aromatic heterocycles. The first kappa shape index (κ1) is 29.3. The van der Waals surface area contributed by atoms with Gasteiger partial charge >= 0.3 is 0 Å². The Bertz CT molecular complexity index is 1170. The lowest BCUT2D eigenvalue weighted by atomic mass is 10.0. The number of thioether (sulfide) groups is 1. The molecule has 1 aliphatic heterocycles. The monoisotopic (exact) mass is 551 g/mol. The third kappa shape index (κ3) is 7.64. The Morgan fingerprint density at radius 2 is 1.74 bits per heavy atom. The number of anilines is 1. The van der Waals surface area contributed by atoms with Crippen LogP contribution in [0.3, 0.4) is 0 Å². The molecule has 3 atom stereocenters. The fourth-order valence-electron chi connectivity index (χ4n) is 4.10. The van der Waals surface area contributed by atoms with E-state index in [9.17, 15) is 27.6 Å². The number of carbonyl (C=O) groups excluding carboxylic acids is 3. The minimum absolute atomic E-state index is 0.0164. The highest BCUT2D eigenvalue weighted by Gasteiger charge is 2.35. The maximum Gasteiger partial charge on any atom is 0.253 e. The fraction of sp³-hybridized carbons (Fsp3) is 0.423. The number of nitrogens with two attached hydrogens (primary N) is 2. The average molecular weight is 552 g/mol. The lowest BCUT2D eigenvalue weighted by molar-refractivity contribution is -0.136. The second kappa shape index (κ2) is 13.0. The van der Waals surface area contributed by atoms with Crippen LogP contribution in [0.25, 0.3) is 0 Å². The quantitative estimate of drug-likeness (QED) is 0.318. The summed E-state index contributed by atoms with van der Waals surface area (Å²) < 4.78 is 40.5. The molecule has 8 nitrogen and oxygen atoms in total. The molecule has 1 saturated heterocycles. The first-order chi connectivity index (χ1) is 18.0. The van der Waals surface area contributed by atoms with Crippen LogP contribution in [0.2, 0.25) is 0 Å². The second-order valence-electron chi connectivity index (χ2n) is 9.52. The summed E-state index contributed by atoms with van der Waals surface area (Å²) in [6.45, 7) is 4.37. The predicted molar refractivity (Wildman–Crippen MR) is 140 cm³/mol. The van der Waals surface area contributed by atoms with Gasteiger partial charge in [0.15, 0.2) is 17.0 Å². The lowest BCUT2D eigenvalue weighted by Gasteiger charge is -2.24. The van der Waals surface area contributed by atoms with Crippen molar-refractivity contribution < 1.29 is 27.6 Å². The number of rotatable bonds is 11. The highest BCUT2D eigenvalue weighted by molar-refractivity contribution is 8.00. The Morgan fingerprint density at radius 3 is 2.37 bits per heavy atom. The van der Waals surface area contributed by atoms with E-state index in [0.717, 1.165) is 17.3 Å². The number of halogens is 3. The summed E-state index contributed by atoms with van der Waals surface area (Å²) >= 11 is 1.32. The standard InChI is InChI=1S/C26H32F3N5O3S/c1-14(2)23(24(31)36)33-18-5-3-15(4-6-18)13-32-25(37)26-34(7-8-38-26)22(35)11-17(30)9-16-10-20(28)21(29)12-19(16)27/h3-6,10,12,14,17,23,26,33H,7-9,11,13,30H2,1-2H3,(H2,31,36)(H,32,37)/t17-,23?,26+/m1/s1. The van der Waals surface area contributed by atoms with Crippen LogP contribution in [0.1, 0.15) is 31.4 Å². The van der Waals surface area contributed by atoms with E-state index in [1.54, 1.807) is 12.1 Å². The van der Waals surface area contributed by atoms with Gasteiger partial charge < -0.3 is 27.0 Å². The van der Waals surface area contributed by atoms with Gasteiger partial charge in [-0.15, -0.1) is 11.8 Å². The van der Waals surface area contributed by atoms with Crippen LogP contribution in [0.4, 0.5) is 18.9 Å². The maximum atomic E-state index is 13.9. The van der Waals surface area contributed by atoms with Crippen molar-refractivity contribution in [3.8, 4) is 0 Å². The third-order valence-corrected chi connectivity index (χ3v) is 7.36. The predicted octanol–water partition coefficient (Wildman–Crippen LogP) is 2.50. The third-order valence-electron chi connectivity index (χ3n) is 6.16. The molecule has 1 fully saturated rings. The summed E-state index contributed by atoms with van der Waals surface area (Å²) in [5.41, 5.74) is 12.9. The molecule has 0 aliphatic carbocycles. The highest BCUT2D eigenvalue weighted by atomic mass is 32.2. The zero-order chi connectivity index (χ0) is 28.0. The van der Waals surface area contributed by atoms with E-state index in [2.05, 4.69) is 10.6 Å². The molecular weight excluding hydrogens is 519 g/mol. The Hall–Kier alpha value is -3.25. The molecular formula is C26H32F3N5O3S. The smallest absolute Gasteiger partial charge is 0.253 e. The van der Waals surface area contributed by atoms with Crippen LogP contribution >= 0.6 is 11.8 Å². The number of primary amides is 1. The van der Waals surface area contributed by atoms with E-state index in [-0.39, 0.29) is 42.7 Å². The summed E-state index contributed by atoms with van der Waals surface area (Å²) in [5, 5.41) is 5.19. The summed E-state index contributed by atoms with van der Waals surface area (Å²) in [5.74, 6) is -4.00. The van der Waals surface area contributed by atoms with Crippen molar-refractivity contribution in [2.75, 3.05) is 17.6 Å². The first-order valence-electron chi connectivity index (χ1n) is 12.2. The van der Waals surface area contributed by atoms with Gasteiger partial charge in [0.05, 0.1) is 0 Å². The van der Waals surface area contributed by atoms with Crippen LogP contribution in [0.5, 0.6) is 0 Å². The Kier molecular flexibility index (Phi) is 10.0. The van der Waals surface area contributed by atoms with E-state index in [1.807, 2.05) is 26.0 Å². The van der Waals surface area contributed by atoms with Gasteiger partial charge in [0, 0.05) is 43.1 Å². The largest absolute Gasteiger partial charge is 0.373 e. The molecule has 2 aromatic rings. The number of benzene rings is 2. The highest BCUT2D eigenvalue weighted by Crippen LogP contribution is 2.25. The van der Waals surface area contributed by atoms with E-state index < -0.39 is 40.8 Å². The average Bonchev–Trinajstić information content (AvgIpc) is 3.35. The Morgan fingerprint density at radius 1 is 1.08 bits per heavy atom. The van der Waals surface area contributed by atoms with Crippen molar-refractivity contribution in [2.24, 2.45) is 17.4 Å². The van der Waals surface area contributed by atoms with E-state index >= 15 is 0 Å². The molecule has 0 radical (unpaired) electrons. The van der Waals surface area contributed by atoms with Crippen molar-refractivity contribution in [3.05, 3.63) is 65.0 Å². The molecule has 38 heavy (non-hydrogen) atoms. The lowest BCUT2D eigenvalue weighted by Crippen LogP contribution is -2.46. The van der Waals surface area contributed by atoms with Gasteiger partial charge in [-0.2, -0.15) is 0 Å². The van der Waals surface area contributed by atoms with Crippen molar-refractivity contribution in [2.45, 2.75) is 50.7 Å².